The smallest absolute Gasteiger partial charge is 0.266 e. The van der Waals surface area contributed by atoms with Gasteiger partial charge in [-0.1, -0.05) is 24.3 Å². The lowest BCUT2D eigenvalue weighted by molar-refractivity contribution is -0.115. The van der Waals surface area contributed by atoms with Crippen molar-refractivity contribution in [1.82, 2.24) is 0 Å². The van der Waals surface area contributed by atoms with Crippen molar-refractivity contribution in [3.05, 3.63) is 70.1 Å². The highest BCUT2D eigenvalue weighted by molar-refractivity contribution is 7.19. The van der Waals surface area contributed by atoms with Gasteiger partial charge in [0.1, 0.15) is 5.00 Å². The number of nitrogens with two attached hydrogens (primary N) is 1. The Bertz CT molecular complexity index is 1160. The van der Waals surface area contributed by atoms with E-state index in [4.69, 9.17) is 15.2 Å². The van der Waals surface area contributed by atoms with Crippen molar-refractivity contribution in [3.63, 3.8) is 0 Å². The molecule has 0 unspecified atom stereocenters. The number of amides is 3. The van der Waals surface area contributed by atoms with Crippen molar-refractivity contribution in [2.24, 2.45) is 5.73 Å². The molecule has 0 fully saturated rings. The van der Waals surface area contributed by atoms with Gasteiger partial charge in [0.15, 0.2) is 11.5 Å². The average molecular weight is 454 g/mol. The summed E-state index contributed by atoms with van der Waals surface area (Å²) < 4.78 is 10.5. The Morgan fingerprint density at radius 3 is 2.28 bits per heavy atom. The van der Waals surface area contributed by atoms with Crippen LogP contribution in [0.25, 0.3) is 0 Å². The number of rotatable bonds is 8. The Hall–Kier alpha value is -3.85. The highest BCUT2D eigenvalue weighted by atomic mass is 32.1. The van der Waals surface area contributed by atoms with Gasteiger partial charge in [-0.3, -0.25) is 14.4 Å². The number of thiophene rings is 1. The van der Waals surface area contributed by atoms with E-state index in [2.05, 4.69) is 10.6 Å². The fourth-order valence-electron chi connectivity index (χ4n) is 3.17. The maximum atomic E-state index is 12.7. The Balaban J connectivity index is 1.81. The molecule has 9 heteroatoms. The first-order chi connectivity index (χ1) is 15.3. The van der Waals surface area contributed by atoms with Crippen LogP contribution in [0.1, 0.15) is 31.2 Å². The summed E-state index contributed by atoms with van der Waals surface area (Å²) in [5.74, 6) is -0.422. The van der Waals surface area contributed by atoms with Gasteiger partial charge < -0.3 is 25.8 Å². The maximum absolute atomic E-state index is 12.7. The van der Waals surface area contributed by atoms with Crippen molar-refractivity contribution in [2.45, 2.75) is 13.3 Å². The Kier molecular flexibility index (Phi) is 7.11. The SMILES string of the molecule is COc1ccc(CC(=O)Nc2sc(C(=O)Nc3ccccc3)c(C)c2C(N)=O)cc1OC. The number of hydrogen-bond donors (Lipinski definition) is 3. The number of ether oxygens (including phenoxy) is 2. The zero-order valence-corrected chi connectivity index (χ0v) is 18.7. The quantitative estimate of drug-likeness (QED) is 0.481. The lowest BCUT2D eigenvalue weighted by Crippen LogP contribution is -2.19. The van der Waals surface area contributed by atoms with Crippen LogP contribution in [0.5, 0.6) is 11.5 Å². The lowest BCUT2D eigenvalue weighted by Gasteiger charge is -2.10. The van der Waals surface area contributed by atoms with Crippen LogP contribution in [0.4, 0.5) is 10.7 Å². The third-order valence-corrected chi connectivity index (χ3v) is 5.90. The highest BCUT2D eigenvalue weighted by Gasteiger charge is 2.24. The van der Waals surface area contributed by atoms with Crippen LogP contribution in [0.15, 0.2) is 48.5 Å². The second-order valence-corrected chi connectivity index (χ2v) is 7.88. The number of para-hydroxylation sites is 1. The minimum absolute atomic E-state index is 0.0288. The molecule has 1 heterocycles. The third kappa shape index (κ3) is 5.06. The largest absolute Gasteiger partial charge is 0.493 e. The molecule has 0 spiro atoms. The Labute approximate surface area is 189 Å². The third-order valence-electron chi connectivity index (χ3n) is 4.70. The van der Waals surface area contributed by atoms with Crippen molar-refractivity contribution in [2.75, 3.05) is 24.9 Å². The molecule has 0 radical (unpaired) electrons. The molecule has 0 aliphatic heterocycles. The molecule has 0 bridgehead atoms. The molecule has 0 saturated carbocycles. The van der Waals surface area contributed by atoms with Gasteiger partial charge in [0.25, 0.3) is 11.8 Å². The van der Waals surface area contributed by atoms with Crippen LogP contribution in [-0.2, 0) is 11.2 Å². The summed E-state index contributed by atoms with van der Waals surface area (Å²) in [5.41, 5.74) is 7.37. The summed E-state index contributed by atoms with van der Waals surface area (Å²) in [6.45, 7) is 1.63. The first kappa shape index (κ1) is 22.8. The van der Waals surface area contributed by atoms with E-state index in [0.717, 1.165) is 11.3 Å². The average Bonchev–Trinajstić information content (AvgIpc) is 3.10. The Morgan fingerprint density at radius 2 is 1.66 bits per heavy atom. The van der Waals surface area contributed by atoms with E-state index in [1.165, 1.54) is 14.2 Å². The van der Waals surface area contributed by atoms with E-state index in [-0.39, 0.29) is 28.8 Å². The predicted molar refractivity (Wildman–Crippen MR) is 124 cm³/mol. The van der Waals surface area contributed by atoms with Crippen LogP contribution in [0, 0.1) is 6.92 Å². The monoisotopic (exact) mass is 453 g/mol. The van der Waals surface area contributed by atoms with Gasteiger partial charge in [-0.2, -0.15) is 0 Å². The van der Waals surface area contributed by atoms with Crippen LogP contribution < -0.4 is 25.8 Å². The molecule has 8 nitrogen and oxygen atoms in total. The van der Waals surface area contributed by atoms with Gasteiger partial charge in [-0.25, -0.2) is 0 Å². The van der Waals surface area contributed by atoms with Gasteiger partial charge in [0, 0.05) is 5.69 Å². The zero-order chi connectivity index (χ0) is 23.3. The van der Waals surface area contributed by atoms with E-state index in [1.807, 2.05) is 6.07 Å². The van der Waals surface area contributed by atoms with Crippen molar-refractivity contribution in [1.29, 1.82) is 0 Å². The molecule has 166 valence electrons. The maximum Gasteiger partial charge on any atom is 0.266 e. The van der Waals surface area contributed by atoms with Crippen LogP contribution in [-0.4, -0.2) is 31.9 Å². The molecular formula is C23H23N3O5S. The number of carbonyl (C=O) groups excluding carboxylic acids is 3. The molecule has 1 aromatic heterocycles. The minimum atomic E-state index is -0.723. The molecule has 3 amide bonds. The molecule has 0 aliphatic rings. The summed E-state index contributed by atoms with van der Waals surface area (Å²) in [6.07, 6.45) is 0.0288. The molecule has 4 N–H and O–H groups in total. The standard InChI is InChI=1S/C23H23N3O5S/c1-13-19(21(24)28)23(32-20(13)22(29)25-15-7-5-4-6-8-15)26-18(27)12-14-9-10-16(30-2)17(11-14)31-3/h4-11H,12H2,1-3H3,(H2,24,28)(H,25,29)(H,26,27). The molecule has 0 saturated heterocycles. The summed E-state index contributed by atoms with van der Waals surface area (Å²) in [5, 5.41) is 5.72. The minimum Gasteiger partial charge on any atom is -0.493 e. The summed E-state index contributed by atoms with van der Waals surface area (Å²) in [4.78, 5) is 37.7. The van der Waals surface area contributed by atoms with Crippen LogP contribution in [0.2, 0.25) is 0 Å². The number of methoxy groups -OCH3 is 2. The normalized spacial score (nSPS) is 10.3. The number of hydrogen-bond acceptors (Lipinski definition) is 6. The van der Waals surface area contributed by atoms with Crippen molar-refractivity contribution < 1.29 is 23.9 Å². The zero-order valence-electron chi connectivity index (χ0n) is 17.9. The summed E-state index contributed by atoms with van der Waals surface area (Å²) in [6, 6.07) is 14.1. The van der Waals surface area contributed by atoms with Gasteiger partial charge in [-0.15, -0.1) is 11.3 Å². The van der Waals surface area contributed by atoms with Crippen LogP contribution in [0.3, 0.4) is 0 Å². The predicted octanol–water partition coefficient (Wildman–Crippen LogP) is 3.61. The fraction of sp³-hybridized carbons (Fsp3) is 0.174. The second kappa shape index (κ2) is 9.97. The van der Waals surface area contributed by atoms with E-state index in [1.54, 1.807) is 49.4 Å². The number of carbonyl (C=O) groups is 3. The number of anilines is 2. The molecular weight excluding hydrogens is 430 g/mol. The second-order valence-electron chi connectivity index (χ2n) is 6.86. The van der Waals surface area contributed by atoms with E-state index in [0.29, 0.717) is 33.2 Å². The van der Waals surface area contributed by atoms with Gasteiger partial charge in [0.05, 0.1) is 31.1 Å². The Morgan fingerprint density at radius 1 is 0.969 bits per heavy atom. The molecule has 3 aromatic rings. The lowest BCUT2D eigenvalue weighted by atomic mass is 10.1. The van der Waals surface area contributed by atoms with E-state index in [9.17, 15) is 14.4 Å². The van der Waals surface area contributed by atoms with Gasteiger partial charge in [0.2, 0.25) is 5.91 Å². The van der Waals surface area contributed by atoms with E-state index < -0.39 is 5.91 Å². The first-order valence-corrected chi connectivity index (χ1v) is 10.5. The van der Waals surface area contributed by atoms with E-state index >= 15 is 0 Å². The number of nitrogens with one attached hydrogen (secondary N) is 2. The van der Waals surface area contributed by atoms with Gasteiger partial charge in [-0.05, 0) is 42.3 Å². The number of benzene rings is 2. The van der Waals surface area contributed by atoms with Crippen molar-refractivity contribution >= 4 is 39.7 Å². The van der Waals surface area contributed by atoms with Gasteiger partial charge >= 0.3 is 0 Å². The first-order valence-electron chi connectivity index (χ1n) is 9.64. The topological polar surface area (TPSA) is 120 Å². The number of primary amides is 1. The summed E-state index contributed by atoms with van der Waals surface area (Å²) in [7, 11) is 3.04. The summed E-state index contributed by atoms with van der Waals surface area (Å²) >= 11 is 1.00. The molecule has 0 aliphatic carbocycles. The molecule has 2 aromatic carbocycles. The molecule has 32 heavy (non-hydrogen) atoms. The van der Waals surface area contributed by atoms with Crippen molar-refractivity contribution in [3.8, 4) is 11.5 Å². The fourth-order valence-corrected chi connectivity index (χ4v) is 4.29. The molecule has 0 atom stereocenters. The molecule has 3 rings (SSSR count). The van der Waals surface area contributed by atoms with Crippen LogP contribution >= 0.6 is 11.3 Å². The highest BCUT2D eigenvalue weighted by Crippen LogP contribution is 2.34.